The van der Waals surface area contributed by atoms with Crippen molar-refractivity contribution in [3.63, 3.8) is 0 Å². The summed E-state index contributed by atoms with van der Waals surface area (Å²) in [5.74, 6) is 0.0970. The summed E-state index contributed by atoms with van der Waals surface area (Å²) in [6.45, 7) is 2.04. The second kappa shape index (κ2) is 5.31. The summed E-state index contributed by atoms with van der Waals surface area (Å²) in [7, 11) is 1.52. The van der Waals surface area contributed by atoms with Gasteiger partial charge in [0.05, 0.1) is 19.9 Å². The number of nitrogens with zero attached hydrogens (tertiary/aromatic N) is 1. The molecule has 82 valence electrons. The Morgan fingerprint density at radius 2 is 2.33 bits per heavy atom. The molecule has 2 N–H and O–H groups in total. The normalized spacial score (nSPS) is 11.9. The van der Waals surface area contributed by atoms with Gasteiger partial charge in [-0.05, 0) is 13.0 Å². The van der Waals surface area contributed by atoms with Crippen molar-refractivity contribution in [2.45, 2.75) is 13.0 Å². The van der Waals surface area contributed by atoms with Crippen LogP contribution in [0.1, 0.15) is 18.5 Å². The number of carbonyl (C=O) groups excluding carboxylic acids is 1. The summed E-state index contributed by atoms with van der Waals surface area (Å²) in [5.41, 5.74) is 6.25. The summed E-state index contributed by atoms with van der Waals surface area (Å²) < 4.78 is 9.77. The maximum Gasteiger partial charge on any atom is 0.327 e. The average Bonchev–Trinajstić information content (AvgIpc) is 2.28. The predicted molar refractivity (Wildman–Crippen MR) is 54.4 cm³/mol. The Balaban J connectivity index is 2.81. The van der Waals surface area contributed by atoms with E-state index in [0.717, 1.165) is 0 Å². The molecule has 1 heterocycles. The molecule has 0 aliphatic carbocycles. The highest BCUT2D eigenvalue weighted by Gasteiger charge is 2.17. The highest BCUT2D eigenvalue weighted by Crippen LogP contribution is 2.16. The van der Waals surface area contributed by atoms with E-state index in [0.29, 0.717) is 17.9 Å². The molecule has 1 rings (SSSR count). The van der Waals surface area contributed by atoms with Crippen LogP contribution in [0.4, 0.5) is 0 Å². The lowest BCUT2D eigenvalue weighted by Gasteiger charge is -2.10. The Morgan fingerprint density at radius 1 is 1.60 bits per heavy atom. The minimum atomic E-state index is -0.812. The van der Waals surface area contributed by atoms with Gasteiger partial charge in [0.25, 0.3) is 0 Å². The van der Waals surface area contributed by atoms with Crippen molar-refractivity contribution in [2.75, 3.05) is 13.7 Å². The third kappa shape index (κ3) is 2.92. The number of hydrogen-bond donors (Lipinski definition) is 1. The lowest BCUT2D eigenvalue weighted by molar-refractivity contribution is -0.144. The van der Waals surface area contributed by atoms with E-state index in [1.165, 1.54) is 13.3 Å². The molecular weight excluding hydrogens is 196 g/mol. The van der Waals surface area contributed by atoms with E-state index < -0.39 is 12.0 Å². The topological polar surface area (TPSA) is 74.4 Å². The molecule has 0 saturated carbocycles. The second-order valence-electron chi connectivity index (χ2n) is 2.89. The average molecular weight is 210 g/mol. The fraction of sp³-hybridized carbons (Fsp3) is 0.400. The molecule has 15 heavy (non-hydrogen) atoms. The number of esters is 1. The van der Waals surface area contributed by atoms with Gasteiger partial charge in [0.2, 0.25) is 0 Å². The molecule has 0 spiro atoms. The molecule has 1 unspecified atom stereocenters. The zero-order chi connectivity index (χ0) is 11.3. The molecule has 1 aromatic heterocycles. The molecule has 1 aromatic rings. The van der Waals surface area contributed by atoms with Crippen molar-refractivity contribution >= 4 is 5.97 Å². The second-order valence-corrected chi connectivity index (χ2v) is 2.89. The van der Waals surface area contributed by atoms with Crippen LogP contribution in [0.5, 0.6) is 5.75 Å². The Kier molecular flexibility index (Phi) is 4.05. The lowest BCUT2D eigenvalue weighted by Crippen LogP contribution is -2.23. The van der Waals surface area contributed by atoms with E-state index >= 15 is 0 Å². The Hall–Kier alpha value is -1.62. The van der Waals surface area contributed by atoms with Crippen molar-refractivity contribution in [3.05, 3.63) is 24.0 Å². The summed E-state index contributed by atoms with van der Waals surface area (Å²) >= 11 is 0. The van der Waals surface area contributed by atoms with Crippen LogP contribution >= 0.6 is 0 Å². The standard InChI is InChI=1S/C10H14N2O3/c1-3-15-10(13)9(11)7-4-8(14-2)6-12-5-7/h4-6,9H,3,11H2,1-2H3. The molecule has 0 amide bonds. The number of nitrogens with two attached hydrogens (primary N) is 1. The molecule has 0 radical (unpaired) electrons. The van der Waals surface area contributed by atoms with Crippen molar-refractivity contribution in [3.8, 4) is 5.75 Å². The van der Waals surface area contributed by atoms with Crippen LogP contribution in [0.3, 0.4) is 0 Å². The van der Waals surface area contributed by atoms with Gasteiger partial charge >= 0.3 is 5.97 Å². The number of hydrogen-bond acceptors (Lipinski definition) is 5. The van der Waals surface area contributed by atoms with Gasteiger partial charge in [-0.1, -0.05) is 0 Å². The Labute approximate surface area is 88.2 Å². The molecule has 5 heteroatoms. The largest absolute Gasteiger partial charge is 0.495 e. The van der Waals surface area contributed by atoms with Gasteiger partial charge < -0.3 is 15.2 Å². The van der Waals surface area contributed by atoms with E-state index in [1.807, 2.05) is 0 Å². The van der Waals surface area contributed by atoms with Gasteiger partial charge in [-0.15, -0.1) is 0 Å². The fourth-order valence-electron chi connectivity index (χ4n) is 1.09. The SMILES string of the molecule is CCOC(=O)C(N)c1cncc(OC)c1. The smallest absolute Gasteiger partial charge is 0.327 e. The maximum absolute atomic E-state index is 11.3. The molecule has 0 saturated heterocycles. The minimum Gasteiger partial charge on any atom is -0.495 e. The number of rotatable bonds is 4. The molecule has 0 aliphatic heterocycles. The first kappa shape index (κ1) is 11.5. The Bertz CT molecular complexity index is 341. The van der Waals surface area contributed by atoms with E-state index in [-0.39, 0.29) is 0 Å². The van der Waals surface area contributed by atoms with Crippen LogP contribution in [0.2, 0.25) is 0 Å². The van der Waals surface area contributed by atoms with Crippen LogP contribution in [0, 0.1) is 0 Å². The van der Waals surface area contributed by atoms with Crippen molar-refractivity contribution in [1.82, 2.24) is 4.98 Å². The van der Waals surface area contributed by atoms with E-state index in [4.69, 9.17) is 15.2 Å². The van der Waals surface area contributed by atoms with E-state index in [1.54, 1.807) is 19.2 Å². The van der Waals surface area contributed by atoms with Crippen molar-refractivity contribution in [2.24, 2.45) is 5.73 Å². The van der Waals surface area contributed by atoms with Crippen molar-refractivity contribution < 1.29 is 14.3 Å². The molecule has 0 aromatic carbocycles. The van der Waals surface area contributed by atoms with Crippen molar-refractivity contribution in [1.29, 1.82) is 0 Å². The first-order valence-electron chi connectivity index (χ1n) is 4.60. The molecular formula is C10H14N2O3. The van der Waals surface area contributed by atoms with Gasteiger partial charge in [0, 0.05) is 11.8 Å². The Morgan fingerprint density at radius 3 is 2.93 bits per heavy atom. The van der Waals surface area contributed by atoms with Gasteiger partial charge in [-0.2, -0.15) is 0 Å². The third-order valence-corrected chi connectivity index (χ3v) is 1.87. The van der Waals surface area contributed by atoms with Gasteiger partial charge in [0.1, 0.15) is 11.8 Å². The highest BCUT2D eigenvalue weighted by atomic mass is 16.5. The lowest BCUT2D eigenvalue weighted by atomic mass is 10.1. The summed E-state index contributed by atoms with van der Waals surface area (Å²) in [4.78, 5) is 15.2. The first-order valence-corrected chi connectivity index (χ1v) is 4.60. The number of carbonyl (C=O) groups is 1. The third-order valence-electron chi connectivity index (χ3n) is 1.87. The van der Waals surface area contributed by atoms with E-state index in [2.05, 4.69) is 4.98 Å². The van der Waals surface area contributed by atoms with Crippen LogP contribution in [-0.4, -0.2) is 24.7 Å². The number of ether oxygens (including phenoxy) is 2. The van der Waals surface area contributed by atoms with Crippen LogP contribution in [0.25, 0.3) is 0 Å². The minimum absolute atomic E-state index is 0.309. The summed E-state index contributed by atoms with van der Waals surface area (Å²) in [5, 5.41) is 0. The number of pyridine rings is 1. The number of aromatic nitrogens is 1. The van der Waals surface area contributed by atoms with Crippen LogP contribution in [0.15, 0.2) is 18.5 Å². The summed E-state index contributed by atoms with van der Waals surface area (Å²) in [6, 6.07) is 0.849. The maximum atomic E-state index is 11.3. The quantitative estimate of drug-likeness (QED) is 0.738. The van der Waals surface area contributed by atoms with Crippen LogP contribution in [-0.2, 0) is 9.53 Å². The van der Waals surface area contributed by atoms with Gasteiger partial charge in [-0.25, -0.2) is 4.79 Å². The number of methoxy groups -OCH3 is 1. The molecule has 5 nitrogen and oxygen atoms in total. The van der Waals surface area contributed by atoms with Gasteiger partial charge in [0.15, 0.2) is 0 Å². The summed E-state index contributed by atoms with van der Waals surface area (Å²) in [6.07, 6.45) is 3.06. The molecule has 0 bridgehead atoms. The highest BCUT2D eigenvalue weighted by molar-refractivity contribution is 5.77. The monoisotopic (exact) mass is 210 g/mol. The van der Waals surface area contributed by atoms with Gasteiger partial charge in [-0.3, -0.25) is 4.98 Å². The zero-order valence-corrected chi connectivity index (χ0v) is 8.77. The van der Waals surface area contributed by atoms with Crippen LogP contribution < -0.4 is 10.5 Å². The molecule has 0 fully saturated rings. The fourth-order valence-corrected chi connectivity index (χ4v) is 1.09. The zero-order valence-electron chi connectivity index (χ0n) is 8.77. The molecule has 1 atom stereocenters. The molecule has 0 aliphatic rings. The predicted octanol–water partition coefficient (Wildman–Crippen LogP) is 0.653. The van der Waals surface area contributed by atoms with E-state index in [9.17, 15) is 4.79 Å². The first-order chi connectivity index (χ1) is 7.19.